The average molecular weight is 205 g/mol. The molecule has 1 aromatic heterocycles. The Labute approximate surface area is 88.1 Å². The van der Waals surface area contributed by atoms with Gasteiger partial charge in [-0.05, 0) is 38.5 Å². The van der Waals surface area contributed by atoms with E-state index in [-0.39, 0.29) is 11.7 Å². The van der Waals surface area contributed by atoms with Crippen molar-refractivity contribution in [1.29, 1.82) is 0 Å². The highest BCUT2D eigenvalue weighted by atomic mass is 16.1. The van der Waals surface area contributed by atoms with Crippen LogP contribution in [0.3, 0.4) is 0 Å². The maximum absolute atomic E-state index is 11.2. The Bertz CT molecular complexity index is 464. The number of fused-ring (bicyclic) bond motifs is 1. The minimum Gasteiger partial charge on any atom is -0.309 e. The number of nitrogens with one attached hydrogen (secondary N) is 2. The highest BCUT2D eigenvalue weighted by Gasteiger charge is 2.10. The number of aromatic nitrogens is 2. The first-order valence-electron chi connectivity index (χ1n) is 5.18. The summed E-state index contributed by atoms with van der Waals surface area (Å²) in [5.41, 5.74) is 2.86. The molecular formula is C11H15N3O. The van der Waals surface area contributed by atoms with Gasteiger partial charge in [-0.3, -0.25) is 4.99 Å². The molecular weight excluding hydrogens is 190 g/mol. The van der Waals surface area contributed by atoms with Crippen LogP contribution < -0.4 is 5.69 Å². The molecule has 1 aliphatic rings. The number of allylic oxidation sites excluding steroid dienone is 1. The van der Waals surface area contributed by atoms with Crippen LogP contribution in [0.15, 0.2) is 15.9 Å². The second-order valence-corrected chi connectivity index (χ2v) is 3.89. The van der Waals surface area contributed by atoms with Crippen molar-refractivity contribution in [2.45, 2.75) is 32.7 Å². The molecule has 0 aliphatic carbocycles. The van der Waals surface area contributed by atoms with E-state index in [0.717, 1.165) is 29.8 Å². The van der Waals surface area contributed by atoms with Crippen molar-refractivity contribution in [2.24, 2.45) is 4.99 Å². The van der Waals surface area contributed by atoms with Gasteiger partial charge < -0.3 is 9.97 Å². The standard InChI is InChI=1S/C11H15N3O/c1-7-6-8(2)12-5-3-4-9-10(7)14-11(15)13-9/h5-6,8H,3-4H2,1-2H3,(H2,13,14,15)/b7-6-,12-5+. The van der Waals surface area contributed by atoms with Crippen LogP contribution in [0.2, 0.25) is 0 Å². The van der Waals surface area contributed by atoms with Gasteiger partial charge in [0.25, 0.3) is 0 Å². The number of aromatic amines is 2. The molecule has 0 bridgehead atoms. The number of aryl methyl sites for hydroxylation is 1. The van der Waals surface area contributed by atoms with E-state index in [1.807, 2.05) is 20.1 Å². The number of aliphatic imine (C=N–C) groups is 1. The van der Waals surface area contributed by atoms with Gasteiger partial charge in [0.15, 0.2) is 0 Å². The zero-order valence-electron chi connectivity index (χ0n) is 9.00. The molecule has 0 saturated carbocycles. The SMILES string of the molecule is C/C1=C/C(C)/N=C/CCc2[nH]c(=O)[nH]c21. The highest BCUT2D eigenvalue weighted by molar-refractivity contribution is 5.66. The summed E-state index contributed by atoms with van der Waals surface area (Å²) in [6.07, 6.45) is 5.68. The summed E-state index contributed by atoms with van der Waals surface area (Å²) in [5.74, 6) is 0. The maximum Gasteiger partial charge on any atom is 0.323 e. The van der Waals surface area contributed by atoms with Gasteiger partial charge >= 0.3 is 5.69 Å². The number of hydrogen-bond donors (Lipinski definition) is 2. The van der Waals surface area contributed by atoms with E-state index in [9.17, 15) is 4.79 Å². The first-order chi connectivity index (χ1) is 7.16. The molecule has 0 saturated heterocycles. The molecule has 0 spiro atoms. The minimum atomic E-state index is -0.127. The highest BCUT2D eigenvalue weighted by Crippen LogP contribution is 2.17. The Hall–Kier alpha value is -1.58. The quantitative estimate of drug-likeness (QED) is 0.662. The monoisotopic (exact) mass is 205 g/mol. The zero-order chi connectivity index (χ0) is 10.8. The molecule has 0 aromatic carbocycles. The van der Waals surface area contributed by atoms with Gasteiger partial charge in [-0.1, -0.05) is 6.08 Å². The van der Waals surface area contributed by atoms with Crippen molar-refractivity contribution in [3.8, 4) is 0 Å². The van der Waals surface area contributed by atoms with Crippen molar-refractivity contribution in [3.05, 3.63) is 27.9 Å². The minimum absolute atomic E-state index is 0.127. The lowest BCUT2D eigenvalue weighted by Gasteiger charge is -2.02. The molecule has 4 nitrogen and oxygen atoms in total. The largest absolute Gasteiger partial charge is 0.323 e. The van der Waals surface area contributed by atoms with Crippen LogP contribution in [0.4, 0.5) is 0 Å². The molecule has 0 radical (unpaired) electrons. The van der Waals surface area contributed by atoms with Crippen molar-refractivity contribution in [1.82, 2.24) is 9.97 Å². The first-order valence-corrected chi connectivity index (χ1v) is 5.18. The summed E-state index contributed by atoms with van der Waals surface area (Å²) >= 11 is 0. The number of H-pyrrole nitrogens is 2. The van der Waals surface area contributed by atoms with E-state index in [1.54, 1.807) is 0 Å². The molecule has 2 N–H and O–H groups in total. The molecule has 2 heterocycles. The second kappa shape index (κ2) is 3.88. The molecule has 1 aromatic rings. The van der Waals surface area contributed by atoms with Gasteiger partial charge in [0.05, 0.1) is 11.7 Å². The Morgan fingerprint density at radius 1 is 1.47 bits per heavy atom. The van der Waals surface area contributed by atoms with Gasteiger partial charge in [-0.15, -0.1) is 0 Å². The zero-order valence-corrected chi connectivity index (χ0v) is 9.00. The van der Waals surface area contributed by atoms with Gasteiger partial charge in [0, 0.05) is 5.69 Å². The Balaban J connectivity index is 2.49. The summed E-state index contributed by atoms with van der Waals surface area (Å²) < 4.78 is 0. The van der Waals surface area contributed by atoms with E-state index in [0.29, 0.717) is 0 Å². The third-order valence-corrected chi connectivity index (χ3v) is 2.55. The Morgan fingerprint density at radius 2 is 2.27 bits per heavy atom. The third-order valence-electron chi connectivity index (χ3n) is 2.55. The lowest BCUT2D eigenvalue weighted by atomic mass is 10.1. The van der Waals surface area contributed by atoms with Crippen LogP contribution in [-0.4, -0.2) is 22.2 Å². The molecule has 1 unspecified atom stereocenters. The van der Waals surface area contributed by atoms with Gasteiger partial charge in [-0.2, -0.15) is 0 Å². The maximum atomic E-state index is 11.2. The van der Waals surface area contributed by atoms with Crippen LogP contribution in [0.5, 0.6) is 0 Å². The first kappa shape index (κ1) is 9.96. The molecule has 4 heteroatoms. The van der Waals surface area contributed by atoms with Crippen molar-refractivity contribution in [3.63, 3.8) is 0 Å². The Kier molecular flexibility index (Phi) is 2.58. The fourth-order valence-electron chi connectivity index (χ4n) is 1.88. The predicted octanol–water partition coefficient (Wildman–Crippen LogP) is 1.51. The number of rotatable bonds is 0. The van der Waals surface area contributed by atoms with Gasteiger partial charge in [0.2, 0.25) is 0 Å². The normalized spacial score (nSPS) is 26.8. The van der Waals surface area contributed by atoms with E-state index in [1.165, 1.54) is 0 Å². The summed E-state index contributed by atoms with van der Waals surface area (Å²) in [6, 6.07) is 0.175. The summed E-state index contributed by atoms with van der Waals surface area (Å²) in [7, 11) is 0. The van der Waals surface area contributed by atoms with E-state index in [4.69, 9.17) is 0 Å². The molecule has 1 atom stereocenters. The van der Waals surface area contributed by atoms with Crippen molar-refractivity contribution >= 4 is 11.8 Å². The third kappa shape index (κ3) is 2.09. The van der Waals surface area contributed by atoms with Crippen LogP contribution in [0, 0.1) is 0 Å². The van der Waals surface area contributed by atoms with Gasteiger partial charge in [0.1, 0.15) is 0 Å². The molecule has 1 aliphatic heterocycles. The van der Waals surface area contributed by atoms with Crippen molar-refractivity contribution < 1.29 is 0 Å². The second-order valence-electron chi connectivity index (χ2n) is 3.89. The summed E-state index contributed by atoms with van der Waals surface area (Å²) in [4.78, 5) is 21.2. The lowest BCUT2D eigenvalue weighted by Crippen LogP contribution is -2.02. The fourth-order valence-corrected chi connectivity index (χ4v) is 1.88. The molecule has 80 valence electrons. The number of nitrogens with zero attached hydrogens (tertiary/aromatic N) is 1. The Morgan fingerprint density at radius 3 is 3.07 bits per heavy atom. The topological polar surface area (TPSA) is 61.0 Å². The number of imidazole rings is 1. The van der Waals surface area contributed by atoms with E-state index >= 15 is 0 Å². The predicted molar refractivity (Wildman–Crippen MR) is 61.3 cm³/mol. The van der Waals surface area contributed by atoms with Crippen LogP contribution in [-0.2, 0) is 6.42 Å². The lowest BCUT2D eigenvalue weighted by molar-refractivity contribution is 0.919. The molecule has 2 rings (SSSR count). The average Bonchev–Trinajstić information content (AvgIpc) is 2.54. The fraction of sp³-hybridized carbons (Fsp3) is 0.455. The number of hydrogen-bond acceptors (Lipinski definition) is 2. The van der Waals surface area contributed by atoms with Crippen LogP contribution in [0.1, 0.15) is 31.7 Å². The van der Waals surface area contributed by atoms with E-state index in [2.05, 4.69) is 21.0 Å². The van der Waals surface area contributed by atoms with Gasteiger partial charge in [-0.25, -0.2) is 4.79 Å². The van der Waals surface area contributed by atoms with Crippen molar-refractivity contribution in [2.75, 3.05) is 0 Å². The molecule has 15 heavy (non-hydrogen) atoms. The van der Waals surface area contributed by atoms with Crippen LogP contribution >= 0.6 is 0 Å². The molecule has 0 amide bonds. The van der Waals surface area contributed by atoms with E-state index < -0.39 is 0 Å². The summed E-state index contributed by atoms with van der Waals surface area (Å²) in [6.45, 7) is 4.04. The summed E-state index contributed by atoms with van der Waals surface area (Å²) in [5, 5.41) is 0. The van der Waals surface area contributed by atoms with Crippen LogP contribution in [0.25, 0.3) is 5.57 Å². The molecule has 0 fully saturated rings. The smallest absolute Gasteiger partial charge is 0.309 e.